The van der Waals surface area contributed by atoms with Crippen LogP contribution in [0.3, 0.4) is 0 Å². The Kier molecular flexibility index (Phi) is 5.08. The normalized spacial score (nSPS) is 12.8. The van der Waals surface area contributed by atoms with Crippen molar-refractivity contribution >= 4 is 22.7 Å². The number of hydrogen-bond acceptors (Lipinski definition) is 4. The summed E-state index contributed by atoms with van der Waals surface area (Å²) in [6.07, 6.45) is 0.868. The number of aryl methyl sites for hydroxylation is 1. The average Bonchev–Trinajstić information content (AvgIpc) is 3.08. The van der Waals surface area contributed by atoms with E-state index in [9.17, 15) is 4.79 Å². The molecule has 3 aromatic rings. The van der Waals surface area contributed by atoms with Gasteiger partial charge in [0.25, 0.3) is 5.56 Å². The molecule has 0 fully saturated rings. The van der Waals surface area contributed by atoms with Crippen molar-refractivity contribution in [2.45, 2.75) is 34.1 Å². The third-order valence-electron chi connectivity index (χ3n) is 4.36. The lowest BCUT2D eigenvalue weighted by Gasteiger charge is -2.07. The van der Waals surface area contributed by atoms with E-state index in [0.717, 1.165) is 29.2 Å². The molecule has 7 heteroatoms. The van der Waals surface area contributed by atoms with Gasteiger partial charge in [-0.15, -0.1) is 11.3 Å². The Balaban J connectivity index is 2.22. The number of nitrogens with zero attached hydrogens (tertiary/aromatic N) is 5. The Labute approximate surface area is 156 Å². The molecule has 0 aliphatic heterocycles. The van der Waals surface area contributed by atoms with E-state index in [0.29, 0.717) is 10.5 Å². The molecule has 3 rings (SSSR count). The molecular formula is C19H23N5OS. The Morgan fingerprint density at radius 3 is 2.54 bits per heavy atom. The largest absolute Gasteiger partial charge is 0.297 e. The van der Waals surface area contributed by atoms with Crippen molar-refractivity contribution in [1.29, 1.82) is 0 Å². The van der Waals surface area contributed by atoms with Crippen molar-refractivity contribution in [3.63, 3.8) is 0 Å². The van der Waals surface area contributed by atoms with Crippen molar-refractivity contribution in [1.82, 2.24) is 14.0 Å². The first-order chi connectivity index (χ1) is 12.4. The summed E-state index contributed by atoms with van der Waals surface area (Å²) in [6.45, 7) is 7.95. The molecule has 0 N–H and O–H groups in total. The molecule has 1 aromatic carbocycles. The molecule has 0 atom stereocenters. The number of thiazole rings is 1. The molecule has 26 heavy (non-hydrogen) atoms. The summed E-state index contributed by atoms with van der Waals surface area (Å²) >= 11 is 1.48. The Morgan fingerprint density at radius 1 is 1.19 bits per heavy atom. The molecule has 2 heterocycles. The van der Waals surface area contributed by atoms with Gasteiger partial charge < -0.3 is 0 Å². The van der Waals surface area contributed by atoms with Gasteiger partial charge in [-0.05, 0) is 39.3 Å². The van der Waals surface area contributed by atoms with Crippen LogP contribution in [-0.4, -0.2) is 19.8 Å². The molecule has 0 saturated heterocycles. The monoisotopic (exact) mass is 369 g/mol. The zero-order chi connectivity index (χ0) is 18.8. The Morgan fingerprint density at radius 2 is 1.88 bits per heavy atom. The van der Waals surface area contributed by atoms with Crippen LogP contribution in [0.15, 0.2) is 50.6 Å². The minimum Gasteiger partial charge on any atom is -0.283 e. The van der Waals surface area contributed by atoms with Crippen molar-refractivity contribution in [2.75, 3.05) is 0 Å². The van der Waals surface area contributed by atoms with E-state index in [4.69, 9.17) is 0 Å². The van der Waals surface area contributed by atoms with Crippen molar-refractivity contribution in [3.8, 4) is 5.69 Å². The number of para-hydroxylation sites is 1. The molecule has 0 aliphatic rings. The van der Waals surface area contributed by atoms with Gasteiger partial charge in [0.1, 0.15) is 0 Å². The van der Waals surface area contributed by atoms with Gasteiger partial charge in [0.05, 0.1) is 17.1 Å². The fraction of sp³-hybridized carbons (Fsp3) is 0.316. The second-order valence-electron chi connectivity index (χ2n) is 6.18. The van der Waals surface area contributed by atoms with Crippen molar-refractivity contribution in [3.05, 3.63) is 62.3 Å². The maximum Gasteiger partial charge on any atom is 0.297 e. The summed E-state index contributed by atoms with van der Waals surface area (Å²) in [4.78, 5) is 18.4. The maximum atomic E-state index is 13.0. The molecular weight excluding hydrogens is 346 g/mol. The van der Waals surface area contributed by atoms with E-state index in [1.807, 2.05) is 72.9 Å². The lowest BCUT2D eigenvalue weighted by molar-refractivity contribution is 0.630. The van der Waals surface area contributed by atoms with Crippen LogP contribution in [0.4, 0.5) is 5.69 Å². The van der Waals surface area contributed by atoms with Crippen LogP contribution in [0, 0.1) is 13.8 Å². The summed E-state index contributed by atoms with van der Waals surface area (Å²) in [5, 5.41) is 6.61. The minimum absolute atomic E-state index is 0.134. The number of aromatic nitrogens is 3. The lowest BCUT2D eigenvalue weighted by atomic mass is 10.3. The van der Waals surface area contributed by atoms with Gasteiger partial charge in [-0.25, -0.2) is 14.4 Å². The first-order valence-electron chi connectivity index (χ1n) is 8.54. The molecule has 0 saturated carbocycles. The van der Waals surface area contributed by atoms with Crippen LogP contribution < -0.4 is 10.4 Å². The molecule has 0 aliphatic carbocycles. The van der Waals surface area contributed by atoms with Crippen LogP contribution in [0.5, 0.6) is 0 Å². The fourth-order valence-electron chi connectivity index (χ4n) is 2.60. The predicted molar refractivity (Wildman–Crippen MR) is 107 cm³/mol. The highest BCUT2D eigenvalue weighted by Gasteiger charge is 2.16. The van der Waals surface area contributed by atoms with Gasteiger partial charge in [0, 0.05) is 18.1 Å². The predicted octanol–water partition coefficient (Wildman–Crippen LogP) is 3.52. The number of rotatable bonds is 4. The second kappa shape index (κ2) is 7.29. The average molecular weight is 369 g/mol. The van der Waals surface area contributed by atoms with Gasteiger partial charge in [-0.2, -0.15) is 5.10 Å². The summed E-state index contributed by atoms with van der Waals surface area (Å²) in [5.74, 6) is 0. The molecule has 6 nitrogen and oxygen atoms in total. The molecule has 136 valence electrons. The van der Waals surface area contributed by atoms with Gasteiger partial charge in [-0.1, -0.05) is 25.1 Å². The summed E-state index contributed by atoms with van der Waals surface area (Å²) in [6, 6.07) is 9.59. The summed E-state index contributed by atoms with van der Waals surface area (Å²) in [7, 11) is 1.87. The topological polar surface area (TPSA) is 56.6 Å². The highest BCUT2D eigenvalue weighted by Crippen LogP contribution is 2.16. The molecule has 0 bridgehead atoms. The van der Waals surface area contributed by atoms with Crippen molar-refractivity contribution in [2.24, 2.45) is 17.1 Å². The van der Waals surface area contributed by atoms with Gasteiger partial charge in [-0.3, -0.25) is 9.48 Å². The quantitative estimate of drug-likeness (QED) is 0.649. The van der Waals surface area contributed by atoms with Crippen LogP contribution in [-0.2, 0) is 7.05 Å². The fourth-order valence-corrected chi connectivity index (χ4v) is 3.41. The van der Waals surface area contributed by atoms with E-state index in [-0.39, 0.29) is 5.56 Å². The van der Waals surface area contributed by atoms with E-state index in [2.05, 4.69) is 17.0 Å². The van der Waals surface area contributed by atoms with E-state index >= 15 is 0 Å². The SMILES string of the molecule is CCC(C)=Nn1c(C)csc1=Nc1c(C)n(C)n(-c2ccccc2)c1=O. The van der Waals surface area contributed by atoms with Gasteiger partial charge in [0.2, 0.25) is 4.80 Å². The Hall–Kier alpha value is -2.67. The third kappa shape index (κ3) is 3.22. The Bertz CT molecular complexity index is 1080. The van der Waals surface area contributed by atoms with E-state index < -0.39 is 0 Å². The standard InChI is InChI=1S/C19H23N5OS/c1-6-13(2)21-23-14(3)12-26-19(23)20-17-15(4)22(5)24(18(17)25)16-10-8-7-9-11-16/h7-12H,6H2,1-5H3. The van der Waals surface area contributed by atoms with Gasteiger partial charge in [0.15, 0.2) is 5.69 Å². The zero-order valence-corrected chi connectivity index (χ0v) is 16.5. The number of benzene rings is 1. The first kappa shape index (κ1) is 18.1. The molecule has 2 aromatic heterocycles. The molecule has 0 spiro atoms. The number of hydrogen-bond donors (Lipinski definition) is 0. The van der Waals surface area contributed by atoms with Crippen LogP contribution in [0.2, 0.25) is 0 Å². The molecule has 0 amide bonds. The van der Waals surface area contributed by atoms with E-state index in [1.165, 1.54) is 11.3 Å². The van der Waals surface area contributed by atoms with Crippen molar-refractivity contribution < 1.29 is 0 Å². The van der Waals surface area contributed by atoms with Crippen LogP contribution >= 0.6 is 11.3 Å². The summed E-state index contributed by atoms with van der Waals surface area (Å²) in [5.41, 5.74) is 3.95. The van der Waals surface area contributed by atoms with Gasteiger partial charge >= 0.3 is 0 Å². The summed E-state index contributed by atoms with van der Waals surface area (Å²) < 4.78 is 5.28. The van der Waals surface area contributed by atoms with Crippen LogP contribution in [0.1, 0.15) is 31.7 Å². The highest BCUT2D eigenvalue weighted by atomic mass is 32.1. The zero-order valence-electron chi connectivity index (χ0n) is 15.7. The molecule has 0 unspecified atom stereocenters. The third-order valence-corrected chi connectivity index (χ3v) is 5.30. The highest BCUT2D eigenvalue weighted by molar-refractivity contribution is 7.07. The second-order valence-corrected chi connectivity index (χ2v) is 7.02. The molecule has 0 radical (unpaired) electrons. The smallest absolute Gasteiger partial charge is 0.283 e. The minimum atomic E-state index is -0.134. The van der Waals surface area contributed by atoms with Crippen LogP contribution in [0.25, 0.3) is 5.69 Å². The van der Waals surface area contributed by atoms with E-state index in [1.54, 1.807) is 4.68 Å². The first-order valence-corrected chi connectivity index (χ1v) is 9.42. The lowest BCUT2D eigenvalue weighted by Crippen LogP contribution is -2.20. The maximum absolute atomic E-state index is 13.0.